The van der Waals surface area contributed by atoms with Gasteiger partial charge in [-0.1, -0.05) is 26.7 Å². The molecule has 0 amide bonds. The monoisotopic (exact) mass is 279 g/mol. The summed E-state index contributed by atoms with van der Waals surface area (Å²) in [7, 11) is 1.97. The second-order valence-corrected chi connectivity index (χ2v) is 5.64. The zero-order valence-electron chi connectivity index (χ0n) is 12.8. The van der Waals surface area contributed by atoms with Gasteiger partial charge in [-0.15, -0.1) is 0 Å². The van der Waals surface area contributed by atoms with E-state index < -0.39 is 0 Å². The minimum absolute atomic E-state index is 0.0910. The number of pyridine rings is 1. The molecule has 1 atom stereocenters. The van der Waals surface area contributed by atoms with Crippen molar-refractivity contribution >= 4 is 0 Å². The van der Waals surface area contributed by atoms with Crippen molar-refractivity contribution in [3.8, 4) is 0 Å². The van der Waals surface area contributed by atoms with E-state index in [9.17, 15) is 4.39 Å². The van der Waals surface area contributed by atoms with Gasteiger partial charge in [0.1, 0.15) is 5.82 Å². The summed E-state index contributed by atoms with van der Waals surface area (Å²) < 4.78 is 13.5. The second kappa shape index (κ2) is 6.64. The number of rotatable bonds is 6. The van der Waals surface area contributed by atoms with E-state index in [1.807, 2.05) is 7.05 Å². The van der Waals surface area contributed by atoms with Gasteiger partial charge in [-0.3, -0.25) is 9.88 Å². The molecule has 2 rings (SSSR count). The standard InChI is InChI=1S/C16H26FN3/c1-4-20(5-2)16(8-6-7-9-16)15(18-3)13-10-14(17)12-19-11-13/h10-12,15,18H,4-9H2,1-3H3. The van der Waals surface area contributed by atoms with Crippen molar-refractivity contribution < 1.29 is 4.39 Å². The molecule has 1 fully saturated rings. The maximum absolute atomic E-state index is 13.5. The van der Waals surface area contributed by atoms with Crippen molar-refractivity contribution in [1.29, 1.82) is 0 Å². The topological polar surface area (TPSA) is 28.2 Å². The van der Waals surface area contributed by atoms with Gasteiger partial charge < -0.3 is 5.32 Å². The quantitative estimate of drug-likeness (QED) is 0.867. The van der Waals surface area contributed by atoms with Gasteiger partial charge in [-0.25, -0.2) is 4.39 Å². The molecule has 0 saturated heterocycles. The van der Waals surface area contributed by atoms with Gasteiger partial charge in [0.2, 0.25) is 0 Å². The molecule has 1 N–H and O–H groups in total. The molecule has 1 aromatic heterocycles. The first-order valence-electron chi connectivity index (χ1n) is 7.70. The predicted molar refractivity (Wildman–Crippen MR) is 80.1 cm³/mol. The zero-order chi connectivity index (χ0) is 14.6. The van der Waals surface area contributed by atoms with E-state index in [1.54, 1.807) is 12.3 Å². The molecule has 0 bridgehead atoms. The third-order valence-corrected chi connectivity index (χ3v) is 4.75. The van der Waals surface area contributed by atoms with Crippen LogP contribution in [0.3, 0.4) is 0 Å². The first kappa shape index (κ1) is 15.4. The van der Waals surface area contributed by atoms with Crippen LogP contribution in [0.1, 0.15) is 51.1 Å². The molecule has 4 heteroatoms. The van der Waals surface area contributed by atoms with Crippen molar-refractivity contribution in [3.05, 3.63) is 29.8 Å². The number of hydrogen-bond donors (Lipinski definition) is 1. The normalized spacial score (nSPS) is 19.4. The molecular weight excluding hydrogens is 253 g/mol. The number of nitrogens with one attached hydrogen (secondary N) is 1. The maximum atomic E-state index is 13.5. The molecule has 1 saturated carbocycles. The molecule has 1 unspecified atom stereocenters. The Morgan fingerprint density at radius 3 is 2.45 bits per heavy atom. The molecule has 0 spiro atoms. The molecule has 20 heavy (non-hydrogen) atoms. The summed E-state index contributed by atoms with van der Waals surface area (Å²) in [6.45, 7) is 6.47. The Hall–Kier alpha value is -1.00. The number of aromatic nitrogens is 1. The lowest BCUT2D eigenvalue weighted by Gasteiger charge is -2.46. The van der Waals surface area contributed by atoms with Crippen molar-refractivity contribution in [3.63, 3.8) is 0 Å². The number of halogens is 1. The average molecular weight is 279 g/mol. The Kier molecular flexibility index (Phi) is 5.11. The van der Waals surface area contributed by atoms with Crippen LogP contribution in [-0.4, -0.2) is 35.6 Å². The van der Waals surface area contributed by atoms with Gasteiger partial charge in [0.25, 0.3) is 0 Å². The van der Waals surface area contributed by atoms with E-state index in [-0.39, 0.29) is 17.4 Å². The molecule has 0 aromatic carbocycles. The Bertz CT molecular complexity index is 425. The van der Waals surface area contributed by atoms with Gasteiger partial charge in [-0.05, 0) is 44.6 Å². The summed E-state index contributed by atoms with van der Waals surface area (Å²) in [6.07, 6.45) is 7.89. The molecule has 0 radical (unpaired) electrons. The fourth-order valence-electron chi connectivity index (χ4n) is 3.96. The third-order valence-electron chi connectivity index (χ3n) is 4.75. The van der Waals surface area contributed by atoms with Crippen molar-refractivity contribution in [2.45, 2.75) is 51.1 Å². The molecule has 1 aliphatic rings. The van der Waals surface area contributed by atoms with Gasteiger partial charge in [-0.2, -0.15) is 0 Å². The lowest BCUT2D eigenvalue weighted by molar-refractivity contribution is 0.0653. The van der Waals surface area contributed by atoms with Gasteiger partial charge in [0, 0.05) is 11.7 Å². The summed E-state index contributed by atoms with van der Waals surface area (Å²) in [4.78, 5) is 6.57. The van der Waals surface area contributed by atoms with Crippen LogP contribution in [0, 0.1) is 5.82 Å². The first-order chi connectivity index (χ1) is 9.67. The average Bonchev–Trinajstić information content (AvgIpc) is 2.91. The second-order valence-electron chi connectivity index (χ2n) is 5.64. The van der Waals surface area contributed by atoms with Crippen molar-refractivity contribution in [2.75, 3.05) is 20.1 Å². The Morgan fingerprint density at radius 1 is 1.30 bits per heavy atom. The minimum atomic E-state index is -0.254. The smallest absolute Gasteiger partial charge is 0.141 e. The Labute approximate surface area is 121 Å². The van der Waals surface area contributed by atoms with Crippen molar-refractivity contribution in [2.24, 2.45) is 0 Å². The fraction of sp³-hybridized carbons (Fsp3) is 0.688. The van der Waals surface area contributed by atoms with Gasteiger partial charge >= 0.3 is 0 Å². The van der Waals surface area contributed by atoms with E-state index in [2.05, 4.69) is 29.0 Å². The summed E-state index contributed by atoms with van der Waals surface area (Å²) >= 11 is 0. The van der Waals surface area contributed by atoms with E-state index in [1.165, 1.54) is 19.0 Å². The maximum Gasteiger partial charge on any atom is 0.141 e. The summed E-state index contributed by atoms with van der Waals surface area (Å²) in [6, 6.07) is 1.76. The van der Waals surface area contributed by atoms with Crippen LogP contribution in [0.5, 0.6) is 0 Å². The molecule has 1 aliphatic carbocycles. The highest BCUT2D eigenvalue weighted by Crippen LogP contribution is 2.44. The lowest BCUT2D eigenvalue weighted by atomic mass is 9.82. The fourth-order valence-corrected chi connectivity index (χ4v) is 3.96. The summed E-state index contributed by atoms with van der Waals surface area (Å²) in [5.74, 6) is -0.254. The summed E-state index contributed by atoms with van der Waals surface area (Å²) in [5.41, 5.74) is 1.05. The molecule has 1 aromatic rings. The number of nitrogens with zero attached hydrogens (tertiary/aromatic N) is 2. The van der Waals surface area contributed by atoms with Crippen LogP contribution in [0.15, 0.2) is 18.5 Å². The Balaban J connectivity index is 2.40. The number of hydrogen-bond acceptors (Lipinski definition) is 3. The molecule has 112 valence electrons. The lowest BCUT2D eigenvalue weighted by Crippen LogP contribution is -2.54. The van der Waals surface area contributed by atoms with Crippen molar-refractivity contribution in [1.82, 2.24) is 15.2 Å². The van der Waals surface area contributed by atoms with E-state index in [0.717, 1.165) is 31.5 Å². The highest BCUT2D eigenvalue weighted by Gasteiger charge is 2.45. The Morgan fingerprint density at radius 2 is 1.95 bits per heavy atom. The van der Waals surface area contributed by atoms with Crippen LogP contribution in [-0.2, 0) is 0 Å². The molecule has 0 aliphatic heterocycles. The van der Waals surface area contributed by atoms with E-state index in [4.69, 9.17) is 0 Å². The van der Waals surface area contributed by atoms with E-state index >= 15 is 0 Å². The molecular formula is C16H26FN3. The van der Waals surface area contributed by atoms with Crippen LogP contribution in [0.25, 0.3) is 0 Å². The van der Waals surface area contributed by atoms with Crippen LogP contribution in [0.2, 0.25) is 0 Å². The predicted octanol–water partition coefficient (Wildman–Crippen LogP) is 3.14. The first-order valence-corrected chi connectivity index (χ1v) is 7.70. The third kappa shape index (κ3) is 2.72. The number of likely N-dealkylation sites (N-methyl/N-ethyl adjacent to an activating group) is 2. The van der Waals surface area contributed by atoms with Crippen LogP contribution in [0.4, 0.5) is 4.39 Å². The zero-order valence-corrected chi connectivity index (χ0v) is 12.8. The SMILES string of the molecule is CCN(CC)C1(C(NC)c2cncc(F)c2)CCCC1. The largest absolute Gasteiger partial charge is 0.311 e. The molecule has 1 heterocycles. The highest BCUT2D eigenvalue weighted by atomic mass is 19.1. The van der Waals surface area contributed by atoms with Gasteiger partial charge in [0.05, 0.1) is 12.2 Å². The highest BCUT2D eigenvalue weighted by molar-refractivity contribution is 5.22. The van der Waals surface area contributed by atoms with Gasteiger partial charge in [0.15, 0.2) is 0 Å². The van der Waals surface area contributed by atoms with Crippen LogP contribution < -0.4 is 5.32 Å². The minimum Gasteiger partial charge on any atom is -0.311 e. The van der Waals surface area contributed by atoms with E-state index in [0.29, 0.717) is 0 Å². The van der Waals surface area contributed by atoms with Crippen LogP contribution >= 0.6 is 0 Å². The molecule has 3 nitrogen and oxygen atoms in total. The summed E-state index contributed by atoms with van der Waals surface area (Å²) in [5, 5.41) is 3.43.